The van der Waals surface area contributed by atoms with Gasteiger partial charge in [0.2, 0.25) is 11.9 Å². The average molecular weight is 378 g/mol. The summed E-state index contributed by atoms with van der Waals surface area (Å²) >= 11 is 5.94. The van der Waals surface area contributed by atoms with Crippen molar-refractivity contribution >= 4 is 29.3 Å². The molecule has 0 bridgehead atoms. The number of aromatic nitrogens is 2. The Bertz CT molecular complexity index is 806. The van der Waals surface area contributed by atoms with Gasteiger partial charge in [0.1, 0.15) is 0 Å². The maximum absolute atomic E-state index is 13.8. The number of nitrogens with zero attached hydrogens (tertiary/aromatic N) is 4. The number of hydrogen-bond donors (Lipinski definition) is 1. The van der Waals surface area contributed by atoms with Gasteiger partial charge in [-0.15, -0.1) is 0 Å². The minimum absolute atomic E-state index is 0.0290. The van der Waals surface area contributed by atoms with E-state index in [4.69, 9.17) is 11.6 Å². The SMILES string of the molecule is CNC(=O)C1(Cc2ccc(Cl)cc2)CN(c2ncc(F)c(N(C)C)n2)C1. The lowest BCUT2D eigenvalue weighted by molar-refractivity contribution is -0.132. The van der Waals surface area contributed by atoms with Crippen molar-refractivity contribution in [3.63, 3.8) is 0 Å². The number of hydrogen-bond acceptors (Lipinski definition) is 5. The molecule has 1 saturated heterocycles. The first kappa shape index (κ1) is 18.4. The zero-order valence-corrected chi connectivity index (χ0v) is 15.7. The second kappa shape index (κ2) is 7.07. The van der Waals surface area contributed by atoms with Gasteiger partial charge >= 0.3 is 0 Å². The Balaban J connectivity index is 1.80. The zero-order chi connectivity index (χ0) is 18.9. The highest BCUT2D eigenvalue weighted by atomic mass is 35.5. The third-order valence-corrected chi connectivity index (χ3v) is 4.82. The molecule has 8 heteroatoms. The number of amides is 1. The number of rotatable bonds is 5. The lowest BCUT2D eigenvalue weighted by atomic mass is 9.74. The second-order valence-electron chi connectivity index (χ2n) is 6.75. The van der Waals surface area contributed by atoms with Crippen molar-refractivity contribution in [2.24, 2.45) is 5.41 Å². The van der Waals surface area contributed by atoms with Crippen molar-refractivity contribution in [1.82, 2.24) is 15.3 Å². The monoisotopic (exact) mass is 377 g/mol. The summed E-state index contributed by atoms with van der Waals surface area (Å²) in [6, 6.07) is 7.48. The molecule has 1 amide bonds. The van der Waals surface area contributed by atoms with Crippen LogP contribution in [-0.4, -0.2) is 50.1 Å². The van der Waals surface area contributed by atoms with Crippen LogP contribution in [0.15, 0.2) is 30.5 Å². The van der Waals surface area contributed by atoms with Crippen molar-refractivity contribution in [2.75, 3.05) is 44.0 Å². The molecule has 3 rings (SSSR count). The zero-order valence-electron chi connectivity index (χ0n) is 15.0. The Morgan fingerprint density at radius 3 is 2.58 bits per heavy atom. The van der Waals surface area contributed by atoms with Gasteiger partial charge in [0, 0.05) is 39.3 Å². The highest BCUT2D eigenvalue weighted by molar-refractivity contribution is 6.30. The maximum Gasteiger partial charge on any atom is 0.229 e. The second-order valence-corrected chi connectivity index (χ2v) is 7.19. The van der Waals surface area contributed by atoms with E-state index >= 15 is 0 Å². The Morgan fingerprint density at radius 2 is 2.00 bits per heavy atom. The molecule has 138 valence electrons. The molecule has 6 nitrogen and oxygen atoms in total. The Labute approximate surface area is 157 Å². The molecule has 1 aromatic carbocycles. The van der Waals surface area contributed by atoms with Crippen LogP contribution < -0.4 is 15.1 Å². The largest absolute Gasteiger partial charge is 0.360 e. The van der Waals surface area contributed by atoms with Gasteiger partial charge in [0.25, 0.3) is 0 Å². The number of carbonyl (C=O) groups excluding carboxylic acids is 1. The summed E-state index contributed by atoms with van der Waals surface area (Å²) in [4.78, 5) is 24.4. The van der Waals surface area contributed by atoms with Gasteiger partial charge in [-0.1, -0.05) is 23.7 Å². The molecular formula is C18H21ClFN5O. The van der Waals surface area contributed by atoms with Crippen LogP contribution in [0.1, 0.15) is 5.56 Å². The molecule has 0 aliphatic carbocycles. The molecule has 2 aromatic rings. The molecule has 1 aromatic heterocycles. The fourth-order valence-electron chi connectivity index (χ4n) is 3.23. The quantitative estimate of drug-likeness (QED) is 0.865. The fraction of sp³-hybridized carbons (Fsp3) is 0.389. The number of carbonyl (C=O) groups is 1. The van der Waals surface area contributed by atoms with Gasteiger partial charge in [-0.25, -0.2) is 9.37 Å². The smallest absolute Gasteiger partial charge is 0.229 e. The van der Waals surface area contributed by atoms with E-state index in [9.17, 15) is 9.18 Å². The van der Waals surface area contributed by atoms with E-state index in [1.165, 1.54) is 0 Å². The molecular weight excluding hydrogens is 357 g/mol. The molecule has 0 spiro atoms. The van der Waals surface area contributed by atoms with Gasteiger partial charge in [-0.3, -0.25) is 4.79 Å². The Hall–Kier alpha value is -2.41. The maximum atomic E-state index is 13.8. The van der Waals surface area contributed by atoms with E-state index in [0.29, 0.717) is 30.5 Å². The summed E-state index contributed by atoms with van der Waals surface area (Å²) in [5, 5.41) is 3.41. The van der Waals surface area contributed by atoms with Gasteiger partial charge < -0.3 is 15.1 Å². The standard InChI is InChI=1S/C18H21ClFN5O/c1-21-16(26)18(8-12-4-6-13(19)7-5-12)10-25(11-18)17-22-9-14(20)15(23-17)24(2)3/h4-7,9H,8,10-11H2,1-3H3,(H,21,26). The highest BCUT2D eigenvalue weighted by Crippen LogP contribution is 2.37. The predicted octanol–water partition coefficient (Wildman–Crippen LogP) is 2.13. The molecule has 2 heterocycles. The first-order valence-corrected chi connectivity index (χ1v) is 8.64. The fourth-order valence-corrected chi connectivity index (χ4v) is 3.36. The van der Waals surface area contributed by atoms with Crippen LogP contribution >= 0.6 is 11.6 Å². The Kier molecular flexibility index (Phi) is 5.00. The van der Waals surface area contributed by atoms with Crippen LogP contribution in [0.2, 0.25) is 5.02 Å². The predicted molar refractivity (Wildman–Crippen MR) is 100 cm³/mol. The van der Waals surface area contributed by atoms with Crippen LogP contribution in [0.25, 0.3) is 0 Å². The van der Waals surface area contributed by atoms with Crippen molar-refractivity contribution in [1.29, 1.82) is 0 Å². The normalized spacial score (nSPS) is 15.3. The minimum atomic E-state index is -0.571. The summed E-state index contributed by atoms with van der Waals surface area (Å²) in [6.07, 6.45) is 1.75. The van der Waals surface area contributed by atoms with E-state index in [2.05, 4.69) is 15.3 Å². The topological polar surface area (TPSA) is 61.4 Å². The average Bonchev–Trinajstić information content (AvgIpc) is 2.59. The molecule has 1 fully saturated rings. The highest BCUT2D eigenvalue weighted by Gasteiger charge is 2.49. The molecule has 0 radical (unpaired) electrons. The summed E-state index contributed by atoms with van der Waals surface area (Å²) < 4.78 is 13.8. The lowest BCUT2D eigenvalue weighted by Crippen LogP contribution is -2.64. The van der Waals surface area contributed by atoms with Crippen molar-refractivity contribution in [3.8, 4) is 0 Å². The van der Waals surface area contributed by atoms with Crippen LogP contribution in [0.5, 0.6) is 0 Å². The first-order chi connectivity index (χ1) is 12.3. The summed E-state index contributed by atoms with van der Waals surface area (Å²) in [5.41, 5.74) is 0.463. The van der Waals surface area contributed by atoms with Crippen molar-refractivity contribution in [3.05, 3.63) is 46.9 Å². The third-order valence-electron chi connectivity index (χ3n) is 4.57. The van der Waals surface area contributed by atoms with E-state index in [1.807, 2.05) is 29.2 Å². The summed E-state index contributed by atoms with van der Waals surface area (Å²) in [6.45, 7) is 0.932. The molecule has 0 saturated carbocycles. The first-order valence-electron chi connectivity index (χ1n) is 8.26. The van der Waals surface area contributed by atoms with Crippen LogP contribution in [0.4, 0.5) is 16.2 Å². The van der Waals surface area contributed by atoms with Gasteiger partial charge in [0.15, 0.2) is 11.6 Å². The number of halogens is 2. The van der Waals surface area contributed by atoms with E-state index < -0.39 is 11.2 Å². The summed E-state index contributed by atoms with van der Waals surface area (Å²) in [5.74, 6) is 0.146. The van der Waals surface area contributed by atoms with E-state index in [-0.39, 0.29) is 11.7 Å². The number of benzene rings is 1. The van der Waals surface area contributed by atoms with Gasteiger partial charge in [-0.05, 0) is 24.1 Å². The molecule has 26 heavy (non-hydrogen) atoms. The number of nitrogens with one attached hydrogen (secondary N) is 1. The summed E-state index contributed by atoms with van der Waals surface area (Å²) in [7, 11) is 5.08. The van der Waals surface area contributed by atoms with Gasteiger partial charge in [0.05, 0.1) is 11.6 Å². The third kappa shape index (κ3) is 3.44. The minimum Gasteiger partial charge on any atom is -0.360 e. The van der Waals surface area contributed by atoms with Crippen LogP contribution in [-0.2, 0) is 11.2 Å². The van der Waals surface area contributed by atoms with Gasteiger partial charge in [-0.2, -0.15) is 4.98 Å². The molecule has 0 unspecified atom stereocenters. The van der Waals surface area contributed by atoms with E-state index in [0.717, 1.165) is 11.8 Å². The van der Waals surface area contributed by atoms with E-state index in [1.54, 1.807) is 26.0 Å². The molecule has 1 N–H and O–H groups in total. The lowest BCUT2D eigenvalue weighted by Gasteiger charge is -2.48. The van der Waals surface area contributed by atoms with Crippen LogP contribution in [0, 0.1) is 11.2 Å². The van der Waals surface area contributed by atoms with Crippen molar-refractivity contribution in [2.45, 2.75) is 6.42 Å². The molecule has 1 aliphatic heterocycles. The molecule has 0 atom stereocenters. The van der Waals surface area contributed by atoms with Crippen LogP contribution in [0.3, 0.4) is 0 Å². The van der Waals surface area contributed by atoms with Crippen molar-refractivity contribution < 1.29 is 9.18 Å². The molecule has 1 aliphatic rings. The number of anilines is 2. The Morgan fingerprint density at radius 1 is 1.35 bits per heavy atom.